The summed E-state index contributed by atoms with van der Waals surface area (Å²) in [6.07, 6.45) is -0.128. The molecule has 0 fully saturated rings. The van der Waals surface area contributed by atoms with Crippen LogP contribution in [0.15, 0.2) is 48.5 Å². The summed E-state index contributed by atoms with van der Waals surface area (Å²) >= 11 is 0. The minimum absolute atomic E-state index is 0.0115. The molecule has 5 nitrogen and oxygen atoms in total. The monoisotopic (exact) mass is 409 g/mol. The van der Waals surface area contributed by atoms with Crippen LogP contribution in [-0.2, 0) is 14.3 Å². The van der Waals surface area contributed by atoms with Crippen molar-refractivity contribution in [3.05, 3.63) is 59.7 Å². The molecule has 2 aromatic carbocycles. The van der Waals surface area contributed by atoms with Crippen LogP contribution in [0.1, 0.15) is 58.1 Å². The maximum atomic E-state index is 12.9. The third kappa shape index (κ3) is 5.21. The second kappa shape index (κ2) is 8.90. The molecular weight excluding hydrogens is 378 g/mol. The Labute approximate surface area is 178 Å². The first-order chi connectivity index (χ1) is 14.2. The Morgan fingerprint density at radius 3 is 2.00 bits per heavy atom. The van der Waals surface area contributed by atoms with Crippen LogP contribution in [0, 0.1) is 5.92 Å². The van der Waals surface area contributed by atoms with E-state index in [4.69, 9.17) is 9.47 Å². The van der Waals surface area contributed by atoms with Crippen LogP contribution in [0.3, 0.4) is 0 Å². The Kier molecular flexibility index (Phi) is 6.49. The van der Waals surface area contributed by atoms with Crippen molar-refractivity contribution < 1.29 is 19.1 Å². The second-order valence-electron chi connectivity index (χ2n) is 9.19. The van der Waals surface area contributed by atoms with E-state index in [1.165, 1.54) is 11.1 Å². The molecular formula is C25H31NO4. The number of carbonyl (C=O) groups is 2. The number of fused-ring (bicyclic) bond motifs is 3. The summed E-state index contributed by atoms with van der Waals surface area (Å²) in [6, 6.07) is 15.7. The van der Waals surface area contributed by atoms with Crippen molar-refractivity contribution >= 4 is 12.1 Å². The van der Waals surface area contributed by atoms with Gasteiger partial charge in [0, 0.05) is 5.92 Å². The highest BCUT2D eigenvalue weighted by molar-refractivity contribution is 5.82. The minimum atomic E-state index is -0.744. The van der Waals surface area contributed by atoms with Crippen molar-refractivity contribution in [2.75, 3.05) is 6.61 Å². The summed E-state index contributed by atoms with van der Waals surface area (Å²) in [5.74, 6) is -0.232. The zero-order valence-corrected chi connectivity index (χ0v) is 18.4. The van der Waals surface area contributed by atoms with Gasteiger partial charge in [-0.3, -0.25) is 0 Å². The Hall–Kier alpha value is -2.82. The lowest BCUT2D eigenvalue weighted by Crippen LogP contribution is -2.45. The van der Waals surface area contributed by atoms with Crippen molar-refractivity contribution in [3.8, 4) is 11.1 Å². The van der Waals surface area contributed by atoms with Crippen molar-refractivity contribution in [1.29, 1.82) is 0 Å². The molecule has 3 rings (SSSR count). The summed E-state index contributed by atoms with van der Waals surface area (Å²) in [4.78, 5) is 25.1. The van der Waals surface area contributed by atoms with Crippen LogP contribution in [0.4, 0.5) is 4.79 Å². The number of amides is 1. The molecule has 0 heterocycles. The molecule has 2 aromatic rings. The van der Waals surface area contributed by atoms with Gasteiger partial charge in [0.25, 0.3) is 0 Å². The summed E-state index contributed by atoms with van der Waals surface area (Å²) in [5, 5.41) is 2.68. The first-order valence-electron chi connectivity index (χ1n) is 10.5. The van der Waals surface area contributed by atoms with Crippen LogP contribution >= 0.6 is 0 Å². The number of hydrogen-bond acceptors (Lipinski definition) is 4. The van der Waals surface area contributed by atoms with Gasteiger partial charge in [-0.1, -0.05) is 62.4 Å². The van der Waals surface area contributed by atoms with Crippen LogP contribution in [0.5, 0.6) is 0 Å². The molecule has 1 N–H and O–H groups in total. The normalized spacial score (nSPS) is 14.1. The highest BCUT2D eigenvalue weighted by Gasteiger charge is 2.31. The number of carbonyl (C=O) groups excluding carboxylic acids is 2. The fraction of sp³-hybridized carbons (Fsp3) is 0.440. The lowest BCUT2D eigenvalue weighted by atomic mass is 9.98. The molecule has 1 atom stereocenters. The predicted molar refractivity (Wildman–Crippen MR) is 117 cm³/mol. The van der Waals surface area contributed by atoms with Gasteiger partial charge in [-0.2, -0.15) is 0 Å². The van der Waals surface area contributed by atoms with Gasteiger partial charge >= 0.3 is 12.1 Å². The molecule has 0 spiro atoms. The predicted octanol–water partition coefficient (Wildman–Crippen LogP) is 5.28. The van der Waals surface area contributed by atoms with Gasteiger partial charge in [-0.25, -0.2) is 9.59 Å². The first-order valence-corrected chi connectivity index (χ1v) is 10.5. The van der Waals surface area contributed by atoms with Gasteiger partial charge in [0.15, 0.2) is 0 Å². The molecule has 0 saturated heterocycles. The number of ether oxygens (including phenoxy) is 2. The fourth-order valence-electron chi connectivity index (χ4n) is 3.84. The highest BCUT2D eigenvalue weighted by atomic mass is 16.6. The van der Waals surface area contributed by atoms with E-state index in [0.717, 1.165) is 11.1 Å². The molecule has 30 heavy (non-hydrogen) atoms. The number of alkyl carbamates (subject to hydrolysis) is 1. The molecule has 1 aliphatic carbocycles. The molecule has 0 aromatic heterocycles. The van der Waals surface area contributed by atoms with E-state index < -0.39 is 23.7 Å². The van der Waals surface area contributed by atoms with E-state index in [0.29, 0.717) is 6.42 Å². The summed E-state index contributed by atoms with van der Waals surface area (Å²) in [6.45, 7) is 9.60. The molecule has 0 radical (unpaired) electrons. The molecule has 1 aliphatic rings. The zero-order valence-electron chi connectivity index (χ0n) is 18.4. The highest BCUT2D eigenvalue weighted by Crippen LogP contribution is 2.44. The molecule has 0 bridgehead atoms. The largest absolute Gasteiger partial charge is 0.463 e. The van der Waals surface area contributed by atoms with Gasteiger partial charge in [0.1, 0.15) is 18.2 Å². The number of esters is 1. The van der Waals surface area contributed by atoms with E-state index in [-0.39, 0.29) is 18.4 Å². The average Bonchev–Trinajstić information content (AvgIpc) is 2.98. The van der Waals surface area contributed by atoms with E-state index in [9.17, 15) is 9.59 Å². The molecule has 5 heteroatoms. The fourth-order valence-corrected chi connectivity index (χ4v) is 3.84. The Morgan fingerprint density at radius 2 is 1.50 bits per heavy atom. The molecule has 0 saturated carbocycles. The lowest BCUT2D eigenvalue weighted by molar-refractivity contribution is -0.146. The van der Waals surface area contributed by atoms with E-state index >= 15 is 0 Å². The lowest BCUT2D eigenvalue weighted by Gasteiger charge is -2.24. The number of hydrogen-bond donors (Lipinski definition) is 1. The number of rotatable bonds is 6. The van der Waals surface area contributed by atoms with Gasteiger partial charge < -0.3 is 14.8 Å². The Balaban J connectivity index is 1.71. The second-order valence-corrected chi connectivity index (χ2v) is 9.19. The summed E-state index contributed by atoms with van der Waals surface area (Å²) in [7, 11) is 0. The third-order valence-corrected chi connectivity index (χ3v) is 5.04. The summed E-state index contributed by atoms with van der Waals surface area (Å²) in [5.41, 5.74) is 4.05. The van der Waals surface area contributed by atoms with Gasteiger partial charge in [-0.15, -0.1) is 0 Å². The van der Waals surface area contributed by atoms with Crippen molar-refractivity contribution in [3.63, 3.8) is 0 Å². The zero-order chi connectivity index (χ0) is 21.9. The van der Waals surface area contributed by atoms with Gasteiger partial charge in [0.2, 0.25) is 0 Å². The third-order valence-electron chi connectivity index (χ3n) is 5.04. The Morgan fingerprint density at radius 1 is 0.967 bits per heavy atom. The smallest absolute Gasteiger partial charge is 0.408 e. The maximum Gasteiger partial charge on any atom is 0.408 e. The first kappa shape index (κ1) is 21.9. The minimum Gasteiger partial charge on any atom is -0.463 e. The van der Waals surface area contributed by atoms with Crippen LogP contribution in [0.2, 0.25) is 0 Å². The number of nitrogens with one attached hydrogen (secondary N) is 1. The maximum absolute atomic E-state index is 12.9. The average molecular weight is 410 g/mol. The Bertz CT molecular complexity index is 868. The summed E-state index contributed by atoms with van der Waals surface area (Å²) < 4.78 is 11.0. The van der Waals surface area contributed by atoms with E-state index in [1.807, 2.05) is 38.1 Å². The van der Waals surface area contributed by atoms with E-state index in [1.54, 1.807) is 20.8 Å². The van der Waals surface area contributed by atoms with Gasteiger partial charge in [0.05, 0.1) is 0 Å². The standard InChI is InChI=1S/C25H31NO4/c1-16(2)14-22(26-24(28)30-25(3,4)5)23(27)29-15-21-19-12-8-6-10-17(19)18-11-7-9-13-20(18)21/h6-13,16,21-22H,14-15H2,1-5H3,(H,26,28)/t22-/m0/s1. The van der Waals surface area contributed by atoms with Crippen molar-refractivity contribution in [2.24, 2.45) is 5.92 Å². The topological polar surface area (TPSA) is 64.6 Å². The number of benzene rings is 2. The quantitative estimate of drug-likeness (QED) is 0.659. The molecule has 0 unspecified atom stereocenters. The molecule has 0 aliphatic heterocycles. The van der Waals surface area contributed by atoms with Crippen molar-refractivity contribution in [2.45, 2.75) is 58.6 Å². The van der Waals surface area contributed by atoms with Crippen LogP contribution < -0.4 is 5.32 Å². The van der Waals surface area contributed by atoms with Crippen molar-refractivity contribution in [1.82, 2.24) is 5.32 Å². The van der Waals surface area contributed by atoms with Crippen LogP contribution in [0.25, 0.3) is 11.1 Å². The molecule has 1 amide bonds. The van der Waals surface area contributed by atoms with E-state index in [2.05, 4.69) is 29.6 Å². The van der Waals surface area contributed by atoms with Gasteiger partial charge in [-0.05, 0) is 55.4 Å². The van der Waals surface area contributed by atoms with Crippen LogP contribution in [-0.4, -0.2) is 30.3 Å². The molecule has 160 valence electrons. The SMILES string of the molecule is CC(C)C[C@H](NC(=O)OC(C)(C)C)C(=O)OCC1c2ccccc2-c2ccccc21.